The van der Waals surface area contributed by atoms with Gasteiger partial charge in [-0.3, -0.25) is 9.59 Å². The molecule has 1 heterocycles. The monoisotopic (exact) mass is 545 g/mol. The molecule has 3 N–H and O–H groups in total. The van der Waals surface area contributed by atoms with Gasteiger partial charge in [-0.1, -0.05) is 24.3 Å². The normalized spacial score (nSPS) is 17.8. The van der Waals surface area contributed by atoms with Gasteiger partial charge in [-0.15, -0.1) is 0 Å². The molecular weight excluding hydrogens is 520 g/mol. The zero-order valence-corrected chi connectivity index (χ0v) is 19.9. The van der Waals surface area contributed by atoms with Crippen LogP contribution >= 0.6 is 0 Å². The number of halogens is 6. The molecule has 0 spiro atoms. The summed E-state index contributed by atoms with van der Waals surface area (Å²) in [6.07, 6.45) is -9.77. The van der Waals surface area contributed by atoms with Crippen molar-refractivity contribution in [3.05, 3.63) is 70.8 Å². The van der Waals surface area contributed by atoms with Crippen molar-refractivity contribution < 1.29 is 45.8 Å². The lowest BCUT2D eigenvalue weighted by Crippen LogP contribution is -2.42. The zero-order chi connectivity index (χ0) is 28.1. The third kappa shape index (κ3) is 7.62. The SMILES string of the molecule is O=C(NCCc1ccc(C(F)(F)F)cc1)[C@@H]1CN(C(=O)O)C[C@H]1C(=O)NCCc1ccc(C(F)(F)F)cc1. The lowest BCUT2D eigenvalue weighted by atomic mass is 9.94. The van der Waals surface area contributed by atoms with Gasteiger partial charge in [0.15, 0.2) is 0 Å². The predicted octanol–water partition coefficient (Wildman–Crippen LogP) is 3.97. The number of alkyl halides is 6. The molecule has 0 aliphatic carbocycles. The molecule has 1 aliphatic heterocycles. The Hall–Kier alpha value is -3.77. The van der Waals surface area contributed by atoms with E-state index in [1.54, 1.807) is 0 Å². The maximum atomic E-state index is 12.8. The van der Waals surface area contributed by atoms with Gasteiger partial charge in [0.25, 0.3) is 0 Å². The molecule has 0 radical (unpaired) electrons. The number of hydrogen-bond acceptors (Lipinski definition) is 3. The van der Waals surface area contributed by atoms with E-state index in [4.69, 9.17) is 0 Å². The van der Waals surface area contributed by atoms with E-state index in [1.807, 2.05) is 0 Å². The number of carboxylic acid groups (broad SMARTS) is 1. The van der Waals surface area contributed by atoms with Gasteiger partial charge < -0.3 is 20.6 Å². The molecule has 7 nitrogen and oxygen atoms in total. The molecule has 2 aromatic carbocycles. The Balaban J connectivity index is 1.53. The van der Waals surface area contributed by atoms with Gasteiger partial charge in [-0.05, 0) is 48.2 Å². The molecule has 206 valence electrons. The van der Waals surface area contributed by atoms with E-state index in [0.29, 0.717) is 11.1 Å². The van der Waals surface area contributed by atoms with E-state index in [-0.39, 0.29) is 39.0 Å². The Morgan fingerprint density at radius 1 is 0.711 bits per heavy atom. The van der Waals surface area contributed by atoms with Gasteiger partial charge in [-0.25, -0.2) is 4.79 Å². The van der Waals surface area contributed by atoms with Crippen molar-refractivity contribution >= 4 is 17.9 Å². The van der Waals surface area contributed by atoms with Gasteiger partial charge in [0.1, 0.15) is 0 Å². The number of likely N-dealkylation sites (tertiary alicyclic amines) is 1. The van der Waals surface area contributed by atoms with Gasteiger partial charge >= 0.3 is 18.4 Å². The summed E-state index contributed by atoms with van der Waals surface area (Å²) in [7, 11) is 0. The quantitative estimate of drug-likeness (QED) is 0.438. The first kappa shape index (κ1) is 28.8. The second-order valence-corrected chi connectivity index (χ2v) is 8.87. The van der Waals surface area contributed by atoms with E-state index >= 15 is 0 Å². The second-order valence-electron chi connectivity index (χ2n) is 8.87. The highest BCUT2D eigenvalue weighted by Gasteiger charge is 2.43. The fraction of sp³-hybridized carbons (Fsp3) is 0.400. The summed E-state index contributed by atoms with van der Waals surface area (Å²) in [6.45, 7) is -0.289. The first-order chi connectivity index (χ1) is 17.8. The standard InChI is InChI=1S/C25H25F6N3O4/c26-24(27,28)17-5-1-15(2-6-17)9-11-32-21(35)19-13-34(23(37)38)14-20(19)22(36)33-12-10-16-3-7-18(8-4-16)25(29,30)31/h1-8,19-20H,9-14H2,(H,32,35)(H,33,36)(H,37,38)/t19-,20-/m1/s1. The molecule has 1 saturated heterocycles. The van der Waals surface area contributed by atoms with Crippen LogP contribution in [0.25, 0.3) is 0 Å². The molecule has 0 unspecified atom stereocenters. The first-order valence-electron chi connectivity index (χ1n) is 11.6. The van der Waals surface area contributed by atoms with Crippen LogP contribution in [0.5, 0.6) is 0 Å². The van der Waals surface area contributed by atoms with Crippen LogP contribution in [0.15, 0.2) is 48.5 Å². The summed E-state index contributed by atoms with van der Waals surface area (Å²) in [6, 6.07) is 8.92. The Morgan fingerprint density at radius 3 is 1.34 bits per heavy atom. The Labute approximate surface area is 213 Å². The molecule has 1 aliphatic rings. The van der Waals surface area contributed by atoms with E-state index in [0.717, 1.165) is 29.2 Å². The van der Waals surface area contributed by atoms with Crippen LogP contribution in [0.4, 0.5) is 31.1 Å². The topological polar surface area (TPSA) is 98.7 Å². The highest BCUT2D eigenvalue weighted by Crippen LogP contribution is 2.30. The third-order valence-corrected chi connectivity index (χ3v) is 6.25. The maximum absolute atomic E-state index is 12.8. The van der Waals surface area contributed by atoms with Crippen LogP contribution in [0, 0.1) is 11.8 Å². The summed E-state index contributed by atoms with van der Waals surface area (Å²) >= 11 is 0. The van der Waals surface area contributed by atoms with Crippen molar-refractivity contribution in [2.75, 3.05) is 26.2 Å². The Bertz CT molecular complexity index is 1050. The maximum Gasteiger partial charge on any atom is 0.416 e. The van der Waals surface area contributed by atoms with Gasteiger partial charge in [0, 0.05) is 26.2 Å². The van der Waals surface area contributed by atoms with Crippen LogP contribution in [0.3, 0.4) is 0 Å². The van der Waals surface area contributed by atoms with Crippen molar-refractivity contribution in [2.45, 2.75) is 25.2 Å². The van der Waals surface area contributed by atoms with Crippen molar-refractivity contribution in [3.63, 3.8) is 0 Å². The van der Waals surface area contributed by atoms with E-state index < -0.39 is 53.2 Å². The van der Waals surface area contributed by atoms with Crippen molar-refractivity contribution in [2.24, 2.45) is 11.8 Å². The third-order valence-electron chi connectivity index (χ3n) is 6.25. The summed E-state index contributed by atoms with van der Waals surface area (Å²) < 4.78 is 76.1. The number of nitrogens with zero attached hydrogens (tertiary/aromatic N) is 1. The average Bonchev–Trinajstić information content (AvgIpc) is 3.30. The van der Waals surface area contributed by atoms with Crippen molar-refractivity contribution in [3.8, 4) is 0 Å². The molecule has 1 fully saturated rings. The first-order valence-corrected chi connectivity index (χ1v) is 11.6. The molecule has 38 heavy (non-hydrogen) atoms. The molecule has 0 aromatic heterocycles. The summed E-state index contributed by atoms with van der Waals surface area (Å²) in [5.41, 5.74) is -0.488. The lowest BCUT2D eigenvalue weighted by molar-refractivity contribution is -0.138. The van der Waals surface area contributed by atoms with Gasteiger partial charge in [0.2, 0.25) is 11.8 Å². The minimum atomic E-state index is -4.46. The largest absolute Gasteiger partial charge is 0.465 e. The summed E-state index contributed by atoms with van der Waals surface area (Å²) in [4.78, 5) is 37.9. The molecule has 2 aromatic rings. The Kier molecular flexibility index (Phi) is 8.89. The number of rotatable bonds is 8. The number of benzene rings is 2. The smallest absolute Gasteiger partial charge is 0.416 e. The number of carbonyl (C=O) groups is 3. The van der Waals surface area contributed by atoms with Crippen LogP contribution in [-0.2, 0) is 34.8 Å². The summed E-state index contributed by atoms with van der Waals surface area (Å²) in [5.74, 6) is -3.10. The minimum Gasteiger partial charge on any atom is -0.465 e. The van der Waals surface area contributed by atoms with E-state index in [9.17, 15) is 45.8 Å². The van der Waals surface area contributed by atoms with E-state index in [1.165, 1.54) is 24.3 Å². The predicted molar refractivity (Wildman–Crippen MR) is 123 cm³/mol. The van der Waals surface area contributed by atoms with Crippen molar-refractivity contribution in [1.82, 2.24) is 15.5 Å². The highest BCUT2D eigenvalue weighted by molar-refractivity contribution is 5.89. The van der Waals surface area contributed by atoms with Gasteiger partial charge in [-0.2, -0.15) is 26.3 Å². The second kappa shape index (κ2) is 11.7. The van der Waals surface area contributed by atoms with Crippen LogP contribution in [-0.4, -0.2) is 54.1 Å². The van der Waals surface area contributed by atoms with Crippen LogP contribution in [0.1, 0.15) is 22.3 Å². The molecule has 3 amide bonds. The lowest BCUT2D eigenvalue weighted by Gasteiger charge is -2.17. The van der Waals surface area contributed by atoms with Crippen molar-refractivity contribution in [1.29, 1.82) is 0 Å². The van der Waals surface area contributed by atoms with E-state index in [2.05, 4.69) is 10.6 Å². The molecular formula is C25H25F6N3O4. The number of carbonyl (C=O) groups excluding carboxylic acids is 2. The van der Waals surface area contributed by atoms with Crippen LogP contribution < -0.4 is 10.6 Å². The number of amides is 3. The van der Waals surface area contributed by atoms with Crippen LogP contribution in [0.2, 0.25) is 0 Å². The molecule has 13 heteroatoms. The van der Waals surface area contributed by atoms with Gasteiger partial charge in [0.05, 0.1) is 23.0 Å². The summed E-state index contributed by atoms with van der Waals surface area (Å²) in [5, 5.41) is 14.5. The molecule has 3 rings (SSSR count). The molecule has 2 atom stereocenters. The zero-order valence-electron chi connectivity index (χ0n) is 19.9. The number of hydrogen-bond donors (Lipinski definition) is 3. The fourth-order valence-electron chi connectivity index (χ4n) is 4.13. The Morgan fingerprint density at radius 2 is 1.05 bits per heavy atom. The molecule has 0 saturated carbocycles. The average molecular weight is 545 g/mol. The molecule has 0 bridgehead atoms. The fourth-order valence-corrected chi connectivity index (χ4v) is 4.13. The minimum absolute atomic E-state index is 0.0655. The number of nitrogens with one attached hydrogen (secondary N) is 2. The highest BCUT2D eigenvalue weighted by atomic mass is 19.4.